The van der Waals surface area contributed by atoms with Crippen molar-refractivity contribution in [1.29, 1.82) is 0 Å². The van der Waals surface area contributed by atoms with Crippen LogP contribution < -0.4 is 15.4 Å². The van der Waals surface area contributed by atoms with Crippen molar-refractivity contribution in [1.82, 2.24) is 15.3 Å². The van der Waals surface area contributed by atoms with Crippen LogP contribution >= 0.6 is 0 Å². The van der Waals surface area contributed by atoms with Crippen LogP contribution in [0.4, 0.5) is 5.69 Å². The lowest BCUT2D eigenvalue weighted by Gasteiger charge is -2.18. The summed E-state index contributed by atoms with van der Waals surface area (Å²) in [6.45, 7) is 1.67. The second kappa shape index (κ2) is 5.75. The number of hydrogen-bond acceptors (Lipinski definition) is 4. The van der Waals surface area contributed by atoms with Gasteiger partial charge in [0.25, 0.3) is 5.91 Å². The SMILES string of the molecule is O=C1COc2ccc(CNCCc3ncc[nH]3)cc2N1. The summed E-state index contributed by atoms with van der Waals surface area (Å²) in [4.78, 5) is 18.5. The number of carbonyl (C=O) groups excluding carboxylic acids is 1. The average molecular weight is 272 g/mol. The topological polar surface area (TPSA) is 79.0 Å². The van der Waals surface area contributed by atoms with E-state index in [2.05, 4.69) is 20.6 Å². The highest BCUT2D eigenvalue weighted by atomic mass is 16.5. The van der Waals surface area contributed by atoms with Gasteiger partial charge in [0.05, 0.1) is 5.69 Å². The molecule has 0 atom stereocenters. The van der Waals surface area contributed by atoms with E-state index in [1.165, 1.54) is 0 Å². The van der Waals surface area contributed by atoms with E-state index in [1.54, 1.807) is 6.20 Å². The van der Waals surface area contributed by atoms with E-state index >= 15 is 0 Å². The first-order valence-electron chi connectivity index (χ1n) is 6.56. The molecular formula is C14H16N4O2. The number of anilines is 1. The predicted octanol–water partition coefficient (Wildman–Crippen LogP) is 1.07. The van der Waals surface area contributed by atoms with E-state index in [0.717, 1.165) is 42.3 Å². The van der Waals surface area contributed by atoms with Gasteiger partial charge in [-0.3, -0.25) is 4.79 Å². The lowest BCUT2D eigenvalue weighted by molar-refractivity contribution is -0.118. The summed E-state index contributed by atoms with van der Waals surface area (Å²) in [6, 6.07) is 5.82. The Hall–Kier alpha value is -2.34. The van der Waals surface area contributed by atoms with Crippen LogP contribution in [0.3, 0.4) is 0 Å². The van der Waals surface area contributed by atoms with Crippen LogP contribution in [0.15, 0.2) is 30.6 Å². The van der Waals surface area contributed by atoms with Gasteiger partial charge in [0.2, 0.25) is 0 Å². The molecule has 6 nitrogen and oxygen atoms in total. The molecule has 1 aliphatic rings. The maximum absolute atomic E-state index is 11.3. The zero-order valence-corrected chi connectivity index (χ0v) is 11.0. The van der Waals surface area contributed by atoms with Gasteiger partial charge in [0.1, 0.15) is 11.6 Å². The summed E-state index contributed by atoms with van der Waals surface area (Å²) in [5.74, 6) is 1.59. The maximum atomic E-state index is 11.3. The van der Waals surface area contributed by atoms with Crippen molar-refractivity contribution in [2.45, 2.75) is 13.0 Å². The normalized spacial score (nSPS) is 13.5. The summed E-state index contributed by atoms with van der Waals surface area (Å²) in [6.07, 6.45) is 4.43. The number of nitrogens with one attached hydrogen (secondary N) is 3. The largest absolute Gasteiger partial charge is 0.482 e. The zero-order chi connectivity index (χ0) is 13.8. The van der Waals surface area contributed by atoms with Crippen LogP contribution in [0.2, 0.25) is 0 Å². The number of H-pyrrole nitrogens is 1. The van der Waals surface area contributed by atoms with Gasteiger partial charge in [-0.25, -0.2) is 4.98 Å². The van der Waals surface area contributed by atoms with Crippen LogP contribution in [0.25, 0.3) is 0 Å². The molecule has 0 bridgehead atoms. The summed E-state index contributed by atoms with van der Waals surface area (Å²) < 4.78 is 5.32. The van der Waals surface area contributed by atoms with E-state index in [-0.39, 0.29) is 12.5 Å². The molecular weight excluding hydrogens is 256 g/mol. The molecule has 6 heteroatoms. The third-order valence-corrected chi connectivity index (χ3v) is 3.10. The number of imidazole rings is 1. The smallest absolute Gasteiger partial charge is 0.262 e. The molecule has 2 heterocycles. The second-order valence-corrected chi connectivity index (χ2v) is 4.63. The minimum absolute atomic E-state index is 0.0910. The molecule has 0 radical (unpaired) electrons. The minimum Gasteiger partial charge on any atom is -0.482 e. The molecule has 0 fully saturated rings. The summed E-state index contributed by atoms with van der Waals surface area (Å²) in [5, 5.41) is 6.15. The average Bonchev–Trinajstić information content (AvgIpc) is 2.96. The second-order valence-electron chi connectivity index (χ2n) is 4.63. The molecule has 1 aromatic heterocycles. The van der Waals surface area contributed by atoms with Crippen molar-refractivity contribution in [2.24, 2.45) is 0 Å². The molecule has 1 aliphatic heterocycles. The number of carbonyl (C=O) groups is 1. The van der Waals surface area contributed by atoms with E-state index in [1.807, 2.05) is 24.4 Å². The van der Waals surface area contributed by atoms with Gasteiger partial charge >= 0.3 is 0 Å². The van der Waals surface area contributed by atoms with Crippen LogP contribution in [0.1, 0.15) is 11.4 Å². The zero-order valence-electron chi connectivity index (χ0n) is 11.0. The van der Waals surface area contributed by atoms with Gasteiger partial charge in [-0.1, -0.05) is 6.07 Å². The Morgan fingerprint density at radius 1 is 1.40 bits per heavy atom. The van der Waals surface area contributed by atoms with Crippen molar-refractivity contribution < 1.29 is 9.53 Å². The Labute approximate surface area is 116 Å². The van der Waals surface area contributed by atoms with Crippen LogP contribution in [-0.4, -0.2) is 29.0 Å². The molecule has 20 heavy (non-hydrogen) atoms. The molecule has 2 aromatic rings. The monoisotopic (exact) mass is 272 g/mol. The lowest BCUT2D eigenvalue weighted by Crippen LogP contribution is -2.25. The van der Waals surface area contributed by atoms with Crippen molar-refractivity contribution in [3.05, 3.63) is 42.0 Å². The van der Waals surface area contributed by atoms with E-state index < -0.39 is 0 Å². The first-order chi connectivity index (χ1) is 9.81. The molecule has 3 rings (SSSR count). The summed E-state index contributed by atoms with van der Waals surface area (Å²) >= 11 is 0. The Morgan fingerprint density at radius 3 is 3.20 bits per heavy atom. The van der Waals surface area contributed by atoms with Crippen molar-refractivity contribution >= 4 is 11.6 Å². The number of aromatic amines is 1. The van der Waals surface area contributed by atoms with Gasteiger partial charge < -0.3 is 20.4 Å². The highest BCUT2D eigenvalue weighted by Gasteiger charge is 2.15. The summed E-state index contributed by atoms with van der Waals surface area (Å²) in [5.41, 5.74) is 1.85. The number of nitrogens with zero attached hydrogens (tertiary/aromatic N) is 1. The molecule has 1 amide bonds. The number of hydrogen-bond donors (Lipinski definition) is 3. The fraction of sp³-hybridized carbons (Fsp3) is 0.286. The highest BCUT2D eigenvalue weighted by Crippen LogP contribution is 2.28. The Morgan fingerprint density at radius 2 is 2.35 bits per heavy atom. The number of aromatic nitrogens is 2. The molecule has 0 unspecified atom stereocenters. The predicted molar refractivity (Wildman–Crippen MR) is 74.6 cm³/mol. The number of rotatable bonds is 5. The van der Waals surface area contributed by atoms with Gasteiger partial charge in [0, 0.05) is 31.9 Å². The number of benzene rings is 1. The molecule has 1 aromatic carbocycles. The van der Waals surface area contributed by atoms with Gasteiger partial charge in [-0.15, -0.1) is 0 Å². The van der Waals surface area contributed by atoms with E-state index in [9.17, 15) is 4.79 Å². The van der Waals surface area contributed by atoms with Gasteiger partial charge in [0.15, 0.2) is 6.61 Å². The van der Waals surface area contributed by atoms with E-state index in [4.69, 9.17) is 4.74 Å². The minimum atomic E-state index is -0.111. The molecule has 0 spiro atoms. The molecule has 0 saturated heterocycles. The summed E-state index contributed by atoms with van der Waals surface area (Å²) in [7, 11) is 0. The Balaban J connectivity index is 1.53. The number of ether oxygens (including phenoxy) is 1. The Kier molecular flexibility index (Phi) is 3.64. The lowest BCUT2D eigenvalue weighted by atomic mass is 10.1. The Bertz CT molecular complexity index is 595. The number of fused-ring (bicyclic) bond motifs is 1. The number of amides is 1. The highest BCUT2D eigenvalue weighted by molar-refractivity contribution is 5.95. The third-order valence-electron chi connectivity index (χ3n) is 3.10. The standard InChI is InChI=1S/C14H16N4O2/c19-14-9-20-12-2-1-10(7-11(12)18-14)8-15-4-3-13-16-5-6-17-13/h1-2,5-7,15H,3-4,8-9H2,(H,16,17)(H,18,19). The fourth-order valence-electron chi connectivity index (χ4n) is 2.11. The first-order valence-corrected chi connectivity index (χ1v) is 6.56. The quantitative estimate of drug-likeness (QED) is 0.711. The van der Waals surface area contributed by atoms with Crippen molar-refractivity contribution in [2.75, 3.05) is 18.5 Å². The molecule has 104 valence electrons. The fourth-order valence-corrected chi connectivity index (χ4v) is 2.11. The van der Waals surface area contributed by atoms with Crippen LogP contribution in [0, 0.1) is 0 Å². The van der Waals surface area contributed by atoms with Crippen molar-refractivity contribution in [3.63, 3.8) is 0 Å². The maximum Gasteiger partial charge on any atom is 0.262 e. The third kappa shape index (κ3) is 2.97. The molecule has 3 N–H and O–H groups in total. The van der Waals surface area contributed by atoms with Gasteiger partial charge in [-0.2, -0.15) is 0 Å². The van der Waals surface area contributed by atoms with Crippen LogP contribution in [0.5, 0.6) is 5.75 Å². The molecule has 0 saturated carbocycles. The first kappa shape index (κ1) is 12.7. The van der Waals surface area contributed by atoms with Gasteiger partial charge in [-0.05, 0) is 17.7 Å². The van der Waals surface area contributed by atoms with Crippen LogP contribution in [-0.2, 0) is 17.8 Å². The van der Waals surface area contributed by atoms with E-state index in [0.29, 0.717) is 0 Å². The molecule has 0 aliphatic carbocycles. The van der Waals surface area contributed by atoms with Crippen molar-refractivity contribution in [3.8, 4) is 5.75 Å².